The van der Waals surface area contributed by atoms with Crippen LogP contribution in [0.15, 0.2) is 48.8 Å². The number of anilines is 4. The van der Waals surface area contributed by atoms with Crippen LogP contribution in [-0.4, -0.2) is 45.4 Å². The summed E-state index contributed by atoms with van der Waals surface area (Å²) in [5.41, 5.74) is 0.482. The number of aromatic nitrogens is 2. The van der Waals surface area contributed by atoms with Crippen molar-refractivity contribution >= 4 is 28.9 Å². The van der Waals surface area contributed by atoms with Crippen LogP contribution in [0, 0.1) is 17.1 Å². The average Bonchev–Trinajstić information content (AvgIpc) is 3.45. The van der Waals surface area contributed by atoms with Crippen molar-refractivity contribution in [3.8, 4) is 6.07 Å². The minimum absolute atomic E-state index is 0.0689. The molecule has 0 aliphatic heterocycles. The van der Waals surface area contributed by atoms with E-state index in [1.807, 2.05) is 30.3 Å². The number of amides is 1. The van der Waals surface area contributed by atoms with Crippen LogP contribution in [0.25, 0.3) is 0 Å². The molecule has 3 aromatic rings. The number of rotatable bonds is 11. The van der Waals surface area contributed by atoms with Crippen molar-refractivity contribution in [1.29, 1.82) is 5.26 Å². The van der Waals surface area contributed by atoms with E-state index in [4.69, 9.17) is 10.00 Å². The molecule has 4 rings (SSSR count). The van der Waals surface area contributed by atoms with E-state index < -0.39 is 30.0 Å². The highest BCUT2D eigenvalue weighted by Gasteiger charge is 2.27. The molecule has 9 nitrogen and oxygen atoms in total. The van der Waals surface area contributed by atoms with Gasteiger partial charge < -0.3 is 25.8 Å². The first-order chi connectivity index (χ1) is 19.1. The highest BCUT2D eigenvalue weighted by Crippen LogP contribution is 2.27. The zero-order valence-corrected chi connectivity index (χ0v) is 22.4. The van der Waals surface area contributed by atoms with Crippen LogP contribution in [0.5, 0.6) is 0 Å². The lowest BCUT2D eigenvalue weighted by molar-refractivity contribution is -0.00177. The molecular formula is C29H32F2N6O3. The van der Waals surface area contributed by atoms with Crippen molar-refractivity contribution in [2.45, 2.75) is 64.0 Å². The van der Waals surface area contributed by atoms with E-state index in [-0.39, 0.29) is 28.9 Å². The SMILES string of the molecule is CC(C)(O)[C@H](F)CNC(=O)c1cnc(Nc2ncc(C#N)cc2F)cc1Nc1cccc(COC2CCCC2)c1. The fraction of sp³-hybridized carbons (Fsp3) is 0.379. The van der Waals surface area contributed by atoms with Gasteiger partial charge in [0, 0.05) is 24.1 Å². The molecule has 0 unspecified atom stereocenters. The van der Waals surface area contributed by atoms with Crippen molar-refractivity contribution in [3.05, 3.63) is 71.3 Å². The molecule has 2 heterocycles. The molecule has 0 spiro atoms. The zero-order valence-electron chi connectivity index (χ0n) is 22.4. The summed E-state index contributed by atoms with van der Waals surface area (Å²) in [6.07, 6.45) is 5.54. The number of hydrogen-bond donors (Lipinski definition) is 4. The number of nitrogens with one attached hydrogen (secondary N) is 3. The molecular weight excluding hydrogens is 518 g/mol. The molecule has 1 saturated carbocycles. The van der Waals surface area contributed by atoms with E-state index >= 15 is 0 Å². The minimum atomic E-state index is -1.69. The first-order valence-corrected chi connectivity index (χ1v) is 13.1. The van der Waals surface area contributed by atoms with Gasteiger partial charge in [-0.1, -0.05) is 25.0 Å². The molecule has 0 saturated heterocycles. The summed E-state index contributed by atoms with van der Waals surface area (Å²) in [6, 6.07) is 11.9. The van der Waals surface area contributed by atoms with Gasteiger partial charge in [0.25, 0.3) is 5.91 Å². The van der Waals surface area contributed by atoms with Crippen LogP contribution in [0.4, 0.5) is 31.8 Å². The van der Waals surface area contributed by atoms with E-state index in [0.29, 0.717) is 18.0 Å². The third-order valence-electron chi connectivity index (χ3n) is 6.57. The summed E-state index contributed by atoms with van der Waals surface area (Å²) < 4.78 is 34.7. The Morgan fingerprint density at radius 2 is 1.98 bits per heavy atom. The summed E-state index contributed by atoms with van der Waals surface area (Å²) in [7, 11) is 0. The average molecular weight is 551 g/mol. The van der Waals surface area contributed by atoms with Gasteiger partial charge in [0.05, 0.1) is 41.7 Å². The summed E-state index contributed by atoms with van der Waals surface area (Å²) in [4.78, 5) is 21.1. The topological polar surface area (TPSA) is 132 Å². The third kappa shape index (κ3) is 7.71. The maximum atomic E-state index is 14.4. The van der Waals surface area contributed by atoms with Crippen molar-refractivity contribution in [1.82, 2.24) is 15.3 Å². The Morgan fingerprint density at radius 1 is 1.20 bits per heavy atom. The molecule has 0 bridgehead atoms. The van der Waals surface area contributed by atoms with Gasteiger partial charge in [0.2, 0.25) is 0 Å². The van der Waals surface area contributed by atoms with Crippen LogP contribution in [-0.2, 0) is 11.3 Å². The van der Waals surface area contributed by atoms with Crippen molar-refractivity contribution in [2.24, 2.45) is 0 Å². The molecule has 210 valence electrons. The number of nitrogens with zero attached hydrogens (tertiary/aromatic N) is 3. The highest BCUT2D eigenvalue weighted by molar-refractivity contribution is 6.00. The second kappa shape index (κ2) is 12.8. The van der Waals surface area contributed by atoms with E-state index in [0.717, 1.165) is 24.5 Å². The summed E-state index contributed by atoms with van der Waals surface area (Å²) >= 11 is 0. The number of nitriles is 1. The van der Waals surface area contributed by atoms with Gasteiger partial charge >= 0.3 is 0 Å². The van der Waals surface area contributed by atoms with Crippen LogP contribution >= 0.6 is 0 Å². The molecule has 1 aliphatic carbocycles. The Kier molecular flexibility index (Phi) is 9.24. The van der Waals surface area contributed by atoms with Crippen LogP contribution in [0.3, 0.4) is 0 Å². The van der Waals surface area contributed by atoms with E-state index in [2.05, 4.69) is 25.9 Å². The number of hydrogen-bond acceptors (Lipinski definition) is 8. The number of benzene rings is 1. The molecule has 40 heavy (non-hydrogen) atoms. The molecule has 1 fully saturated rings. The van der Waals surface area contributed by atoms with Crippen LogP contribution in [0.1, 0.15) is 61.0 Å². The fourth-order valence-corrected chi connectivity index (χ4v) is 4.21. The lowest BCUT2D eigenvalue weighted by Crippen LogP contribution is -2.42. The van der Waals surface area contributed by atoms with Crippen molar-refractivity contribution in [3.63, 3.8) is 0 Å². The molecule has 11 heteroatoms. The van der Waals surface area contributed by atoms with E-state index in [9.17, 15) is 18.7 Å². The number of carbonyl (C=O) groups is 1. The van der Waals surface area contributed by atoms with Gasteiger partial charge in [-0.2, -0.15) is 5.26 Å². The first kappa shape index (κ1) is 28.9. The molecule has 1 aliphatic rings. The predicted molar refractivity (Wildman–Crippen MR) is 147 cm³/mol. The molecule has 1 atom stereocenters. The smallest absolute Gasteiger partial charge is 0.255 e. The Labute approximate surface area is 231 Å². The van der Waals surface area contributed by atoms with E-state index in [1.165, 1.54) is 45.1 Å². The lowest BCUT2D eigenvalue weighted by atomic mass is 10.0. The highest BCUT2D eigenvalue weighted by atomic mass is 19.1. The first-order valence-electron chi connectivity index (χ1n) is 13.1. The largest absolute Gasteiger partial charge is 0.387 e. The second-order valence-electron chi connectivity index (χ2n) is 10.3. The van der Waals surface area contributed by atoms with Crippen molar-refractivity contribution < 1.29 is 23.4 Å². The minimum Gasteiger partial charge on any atom is -0.387 e. The van der Waals surface area contributed by atoms with Crippen molar-refractivity contribution in [2.75, 3.05) is 17.2 Å². The van der Waals surface area contributed by atoms with Gasteiger partial charge in [0.1, 0.15) is 18.1 Å². The van der Waals surface area contributed by atoms with Gasteiger partial charge in [-0.25, -0.2) is 18.7 Å². The normalized spacial score (nSPS) is 14.4. The van der Waals surface area contributed by atoms with Crippen LogP contribution < -0.4 is 16.0 Å². The predicted octanol–water partition coefficient (Wildman–Crippen LogP) is 5.27. The fourth-order valence-electron chi connectivity index (χ4n) is 4.21. The molecule has 2 aromatic heterocycles. The van der Waals surface area contributed by atoms with Gasteiger partial charge in [-0.3, -0.25) is 4.79 Å². The molecule has 1 aromatic carbocycles. The van der Waals surface area contributed by atoms with Gasteiger partial charge in [-0.15, -0.1) is 0 Å². The quantitative estimate of drug-likeness (QED) is 0.254. The Hall–Kier alpha value is -4.14. The third-order valence-corrected chi connectivity index (χ3v) is 6.57. The lowest BCUT2D eigenvalue weighted by Gasteiger charge is -2.22. The summed E-state index contributed by atoms with van der Waals surface area (Å²) in [5.74, 6) is -1.33. The Morgan fingerprint density at radius 3 is 2.67 bits per heavy atom. The van der Waals surface area contributed by atoms with Crippen LogP contribution in [0.2, 0.25) is 0 Å². The Bertz CT molecular complexity index is 1380. The number of alkyl halides is 1. The Balaban J connectivity index is 1.57. The standard InChI is InChI=1S/C29H32F2N6O3/c1-29(2,39)25(31)16-35-28(38)22-15-33-26(37-27-23(30)11-19(13-32)14-34-27)12-24(22)36-20-7-5-6-18(10-20)17-40-21-8-3-4-9-21/h5-7,10-12,14-15,21,25,39H,3-4,8-9,16-17H2,1-2H3,(H,35,38)(H2,33,34,36,37)/t25-/m1/s1. The monoisotopic (exact) mass is 550 g/mol. The molecule has 1 amide bonds. The van der Waals surface area contributed by atoms with Gasteiger partial charge in [-0.05, 0) is 50.5 Å². The van der Waals surface area contributed by atoms with Gasteiger partial charge in [0.15, 0.2) is 11.6 Å². The van der Waals surface area contributed by atoms with E-state index in [1.54, 1.807) is 0 Å². The number of halogens is 2. The summed E-state index contributed by atoms with van der Waals surface area (Å²) in [5, 5.41) is 27.3. The number of ether oxygens (including phenoxy) is 1. The summed E-state index contributed by atoms with van der Waals surface area (Å²) in [6.45, 7) is 2.68. The maximum absolute atomic E-state index is 14.4. The zero-order chi connectivity index (χ0) is 28.7. The number of pyridine rings is 2. The number of carbonyl (C=O) groups excluding carboxylic acids is 1. The number of aliphatic hydroxyl groups is 1. The maximum Gasteiger partial charge on any atom is 0.255 e. The second-order valence-corrected chi connectivity index (χ2v) is 10.3. The molecule has 4 N–H and O–H groups in total. The molecule has 0 radical (unpaired) electrons.